The van der Waals surface area contributed by atoms with Crippen molar-refractivity contribution in [3.8, 4) is 0 Å². The van der Waals surface area contributed by atoms with Gasteiger partial charge in [0.1, 0.15) is 13.2 Å². The highest BCUT2D eigenvalue weighted by Crippen LogP contribution is 2.17. The molecule has 0 aliphatic rings. The van der Waals surface area contributed by atoms with Crippen LogP contribution in [0, 0.1) is 0 Å². The molecule has 6 heteroatoms. The lowest BCUT2D eigenvalue weighted by Crippen LogP contribution is -2.30. The lowest BCUT2D eigenvalue weighted by atomic mass is 10.0. The second-order valence-corrected chi connectivity index (χ2v) is 18.8. The van der Waals surface area contributed by atoms with E-state index in [0.717, 1.165) is 83.5 Å². The molecule has 374 valence electrons. The Hall–Kier alpha value is -2.37. The van der Waals surface area contributed by atoms with Crippen LogP contribution in [0.25, 0.3) is 0 Å². The topological polar surface area (TPSA) is 78.9 Å². The average Bonchev–Trinajstić information content (AvgIpc) is 3.29. The first kappa shape index (κ1) is 61.6. The fraction of sp³-hybridized carbons (Fsp3) is 0.845. The third-order valence-electron chi connectivity index (χ3n) is 12.4. The first-order valence-corrected chi connectivity index (χ1v) is 28.0. The van der Waals surface area contributed by atoms with Crippen LogP contribution in [0.15, 0.2) is 36.5 Å². The van der Waals surface area contributed by atoms with Crippen LogP contribution in [0.4, 0.5) is 0 Å². The van der Waals surface area contributed by atoms with Gasteiger partial charge in [0, 0.05) is 19.3 Å². The summed E-state index contributed by atoms with van der Waals surface area (Å²) in [6, 6.07) is 0. The molecule has 0 saturated carbocycles. The zero-order chi connectivity index (χ0) is 46.5. The van der Waals surface area contributed by atoms with Gasteiger partial charge in [-0.05, 0) is 51.4 Å². The van der Waals surface area contributed by atoms with Crippen LogP contribution in [0.3, 0.4) is 0 Å². The van der Waals surface area contributed by atoms with Crippen molar-refractivity contribution in [2.45, 2.75) is 303 Å². The van der Waals surface area contributed by atoms with Crippen LogP contribution in [-0.4, -0.2) is 37.2 Å². The molecule has 0 aromatic heterocycles. The van der Waals surface area contributed by atoms with Crippen molar-refractivity contribution >= 4 is 17.9 Å². The van der Waals surface area contributed by atoms with Gasteiger partial charge >= 0.3 is 17.9 Å². The van der Waals surface area contributed by atoms with Gasteiger partial charge in [0.25, 0.3) is 0 Å². The van der Waals surface area contributed by atoms with Crippen LogP contribution in [0.2, 0.25) is 0 Å². The molecule has 0 aromatic carbocycles. The van der Waals surface area contributed by atoms with E-state index in [1.807, 2.05) is 0 Å². The Morgan fingerprint density at radius 1 is 0.328 bits per heavy atom. The predicted molar refractivity (Wildman–Crippen MR) is 275 cm³/mol. The molecule has 0 aliphatic heterocycles. The number of esters is 3. The summed E-state index contributed by atoms with van der Waals surface area (Å²) >= 11 is 0. The Morgan fingerprint density at radius 3 is 0.953 bits per heavy atom. The van der Waals surface area contributed by atoms with Crippen LogP contribution in [-0.2, 0) is 28.6 Å². The molecule has 6 nitrogen and oxygen atoms in total. The summed E-state index contributed by atoms with van der Waals surface area (Å²) in [5, 5.41) is 0. The monoisotopic (exact) mass is 899 g/mol. The Balaban J connectivity index is 4.24. The van der Waals surface area contributed by atoms with Gasteiger partial charge < -0.3 is 14.2 Å². The quantitative estimate of drug-likeness (QED) is 0.0262. The number of rotatable bonds is 51. The molecule has 64 heavy (non-hydrogen) atoms. The standard InChI is InChI=1S/C58H106O6/c1-4-7-10-13-16-19-22-24-25-26-27-28-29-30-31-32-34-36-39-42-45-48-51-57(60)63-54-55(53-62-56(59)50-47-44-41-38-35-21-18-15-12-9-6-3)64-58(61)52-49-46-43-40-37-33-23-20-17-14-11-8-5-2/h8,11,17,20,33,37,55H,4-7,9-10,12-16,18-19,21-32,34-36,38-54H2,1-3H3/b11-8-,20-17-,37-33-. The van der Waals surface area contributed by atoms with E-state index in [0.29, 0.717) is 19.3 Å². The first-order valence-electron chi connectivity index (χ1n) is 28.0. The Bertz CT molecular complexity index is 1080. The predicted octanol–water partition coefficient (Wildman–Crippen LogP) is 18.5. The van der Waals surface area contributed by atoms with E-state index < -0.39 is 6.10 Å². The van der Waals surface area contributed by atoms with Crippen molar-refractivity contribution in [2.24, 2.45) is 0 Å². The zero-order valence-electron chi connectivity index (χ0n) is 42.8. The molecule has 0 aromatic rings. The van der Waals surface area contributed by atoms with Gasteiger partial charge in [0.05, 0.1) is 0 Å². The zero-order valence-corrected chi connectivity index (χ0v) is 42.8. The van der Waals surface area contributed by atoms with E-state index in [4.69, 9.17) is 14.2 Å². The number of hydrogen-bond donors (Lipinski definition) is 0. The highest BCUT2D eigenvalue weighted by Gasteiger charge is 2.19. The average molecular weight is 899 g/mol. The normalized spacial score (nSPS) is 12.2. The number of ether oxygens (including phenoxy) is 3. The first-order chi connectivity index (χ1) is 31.5. The maximum atomic E-state index is 12.8. The molecule has 0 radical (unpaired) electrons. The van der Waals surface area contributed by atoms with E-state index in [1.165, 1.54) is 173 Å². The van der Waals surface area contributed by atoms with Crippen molar-refractivity contribution in [1.29, 1.82) is 0 Å². The highest BCUT2D eigenvalue weighted by atomic mass is 16.6. The molecular weight excluding hydrogens is 793 g/mol. The summed E-state index contributed by atoms with van der Waals surface area (Å²) in [6.07, 6.45) is 62.9. The van der Waals surface area contributed by atoms with Crippen molar-refractivity contribution < 1.29 is 28.6 Å². The molecule has 0 amide bonds. The van der Waals surface area contributed by atoms with E-state index in [2.05, 4.69) is 57.2 Å². The Labute approximate surface area is 397 Å². The lowest BCUT2D eigenvalue weighted by molar-refractivity contribution is -0.167. The minimum absolute atomic E-state index is 0.0796. The maximum absolute atomic E-state index is 12.8. The fourth-order valence-electron chi connectivity index (χ4n) is 8.22. The number of allylic oxidation sites excluding steroid dienone is 6. The molecule has 0 heterocycles. The molecule has 0 bridgehead atoms. The molecule has 0 aliphatic carbocycles. The number of carbonyl (C=O) groups excluding carboxylic acids is 3. The van der Waals surface area contributed by atoms with Crippen LogP contribution >= 0.6 is 0 Å². The van der Waals surface area contributed by atoms with Crippen molar-refractivity contribution in [1.82, 2.24) is 0 Å². The van der Waals surface area contributed by atoms with Crippen molar-refractivity contribution in [3.63, 3.8) is 0 Å². The van der Waals surface area contributed by atoms with Gasteiger partial charge in [0.2, 0.25) is 0 Å². The third-order valence-corrected chi connectivity index (χ3v) is 12.4. The molecule has 1 atom stereocenters. The van der Waals surface area contributed by atoms with Crippen molar-refractivity contribution in [3.05, 3.63) is 36.5 Å². The summed E-state index contributed by atoms with van der Waals surface area (Å²) < 4.78 is 16.8. The smallest absolute Gasteiger partial charge is 0.306 e. The number of hydrogen-bond acceptors (Lipinski definition) is 6. The third kappa shape index (κ3) is 50.6. The fourth-order valence-corrected chi connectivity index (χ4v) is 8.22. The second-order valence-electron chi connectivity index (χ2n) is 18.8. The lowest BCUT2D eigenvalue weighted by Gasteiger charge is -2.18. The van der Waals surface area contributed by atoms with Crippen LogP contribution < -0.4 is 0 Å². The Kier molecular flexibility index (Phi) is 51.3. The minimum atomic E-state index is -0.782. The largest absolute Gasteiger partial charge is 0.462 e. The SMILES string of the molecule is CC/C=C\C/C=C\C/C=C\CCCCCC(=O)OC(COC(=O)CCCCCCCCCCCCC)COC(=O)CCCCCCCCCCCCCCCCCCCCCCCC. The highest BCUT2D eigenvalue weighted by molar-refractivity contribution is 5.71. The summed E-state index contributed by atoms with van der Waals surface area (Å²) in [4.78, 5) is 38.0. The van der Waals surface area contributed by atoms with Gasteiger partial charge in [-0.2, -0.15) is 0 Å². The van der Waals surface area contributed by atoms with Gasteiger partial charge in [0.15, 0.2) is 6.10 Å². The van der Waals surface area contributed by atoms with E-state index >= 15 is 0 Å². The molecule has 0 rings (SSSR count). The van der Waals surface area contributed by atoms with Gasteiger partial charge in [-0.15, -0.1) is 0 Å². The van der Waals surface area contributed by atoms with E-state index in [-0.39, 0.29) is 31.1 Å². The van der Waals surface area contributed by atoms with Gasteiger partial charge in [-0.25, -0.2) is 0 Å². The van der Waals surface area contributed by atoms with Crippen molar-refractivity contribution in [2.75, 3.05) is 13.2 Å². The molecule has 1 unspecified atom stereocenters. The molecule has 0 spiro atoms. The number of unbranched alkanes of at least 4 members (excludes halogenated alkanes) is 34. The summed E-state index contributed by atoms with van der Waals surface area (Å²) in [6.45, 7) is 6.53. The van der Waals surface area contributed by atoms with Gasteiger partial charge in [-0.1, -0.05) is 263 Å². The maximum Gasteiger partial charge on any atom is 0.306 e. The molecular formula is C58H106O6. The molecule has 0 saturated heterocycles. The van der Waals surface area contributed by atoms with Gasteiger partial charge in [-0.3, -0.25) is 14.4 Å². The summed E-state index contributed by atoms with van der Waals surface area (Å²) in [7, 11) is 0. The molecule has 0 fully saturated rings. The summed E-state index contributed by atoms with van der Waals surface area (Å²) in [5.41, 5.74) is 0. The summed E-state index contributed by atoms with van der Waals surface area (Å²) in [5.74, 6) is -0.895. The Morgan fingerprint density at radius 2 is 0.609 bits per heavy atom. The molecule has 0 N–H and O–H groups in total. The second kappa shape index (κ2) is 53.2. The van der Waals surface area contributed by atoms with E-state index in [9.17, 15) is 14.4 Å². The van der Waals surface area contributed by atoms with Crippen LogP contribution in [0.5, 0.6) is 0 Å². The number of carbonyl (C=O) groups is 3. The van der Waals surface area contributed by atoms with Crippen LogP contribution in [0.1, 0.15) is 297 Å². The minimum Gasteiger partial charge on any atom is -0.462 e. The van der Waals surface area contributed by atoms with E-state index in [1.54, 1.807) is 0 Å².